The van der Waals surface area contributed by atoms with Gasteiger partial charge >= 0.3 is 0 Å². The lowest BCUT2D eigenvalue weighted by Gasteiger charge is -2.55. The highest BCUT2D eigenvalue weighted by molar-refractivity contribution is 5.04. The summed E-state index contributed by atoms with van der Waals surface area (Å²) in [5.74, 6) is 2.45. The van der Waals surface area contributed by atoms with Gasteiger partial charge in [0.1, 0.15) is 0 Å². The maximum atomic E-state index is 6.04. The van der Waals surface area contributed by atoms with Gasteiger partial charge in [-0.15, -0.1) is 0 Å². The van der Waals surface area contributed by atoms with Gasteiger partial charge < -0.3 is 5.73 Å². The van der Waals surface area contributed by atoms with E-state index in [-0.39, 0.29) is 0 Å². The molecule has 0 aromatic rings. The van der Waals surface area contributed by atoms with E-state index in [1.54, 1.807) is 0 Å². The predicted molar refractivity (Wildman–Crippen MR) is 71.4 cm³/mol. The molecule has 0 radical (unpaired) electrons. The summed E-state index contributed by atoms with van der Waals surface area (Å²) < 4.78 is 0. The van der Waals surface area contributed by atoms with Crippen molar-refractivity contribution in [2.75, 3.05) is 19.6 Å². The molecule has 0 atom stereocenters. The maximum absolute atomic E-state index is 6.04. The topological polar surface area (TPSA) is 29.3 Å². The van der Waals surface area contributed by atoms with Gasteiger partial charge in [0.25, 0.3) is 0 Å². The van der Waals surface area contributed by atoms with Crippen LogP contribution in [0.15, 0.2) is 0 Å². The summed E-state index contributed by atoms with van der Waals surface area (Å²) in [4.78, 5) is 2.62. The third kappa shape index (κ3) is 2.78. The molecule has 0 spiro atoms. The second-order valence-electron chi connectivity index (χ2n) is 6.27. The average Bonchev–Trinajstić information content (AvgIpc) is 2.14. The second kappa shape index (κ2) is 5.50. The molecule has 0 amide bonds. The minimum atomic E-state index is 0.327. The van der Waals surface area contributed by atoms with Crippen LogP contribution in [0.1, 0.15) is 47.5 Å². The molecule has 0 saturated heterocycles. The van der Waals surface area contributed by atoms with Crippen molar-refractivity contribution in [1.29, 1.82) is 0 Å². The lowest BCUT2D eigenvalue weighted by atomic mass is 9.63. The highest BCUT2D eigenvalue weighted by Gasteiger charge is 2.47. The molecule has 1 fully saturated rings. The van der Waals surface area contributed by atoms with Gasteiger partial charge in [0.15, 0.2) is 0 Å². The zero-order valence-electron chi connectivity index (χ0n) is 11.8. The first kappa shape index (κ1) is 14.0. The fraction of sp³-hybridized carbons (Fsp3) is 1.00. The van der Waals surface area contributed by atoms with Gasteiger partial charge in [0.05, 0.1) is 0 Å². The second-order valence-corrected chi connectivity index (χ2v) is 6.27. The Kier molecular flexibility index (Phi) is 4.81. The zero-order chi connectivity index (χ0) is 12.3. The van der Waals surface area contributed by atoms with Gasteiger partial charge in [0, 0.05) is 18.6 Å². The minimum absolute atomic E-state index is 0.327. The lowest BCUT2D eigenvalue weighted by molar-refractivity contribution is -0.0379. The molecule has 1 aliphatic carbocycles. The van der Waals surface area contributed by atoms with E-state index in [9.17, 15) is 0 Å². The van der Waals surface area contributed by atoms with Crippen LogP contribution in [-0.4, -0.2) is 30.1 Å². The summed E-state index contributed by atoms with van der Waals surface area (Å²) in [6, 6.07) is 0. The van der Waals surface area contributed by atoms with E-state index in [0.29, 0.717) is 5.54 Å². The van der Waals surface area contributed by atoms with Crippen LogP contribution in [0.25, 0.3) is 0 Å². The fourth-order valence-electron chi connectivity index (χ4n) is 3.04. The Morgan fingerprint density at radius 2 is 1.81 bits per heavy atom. The van der Waals surface area contributed by atoms with Crippen LogP contribution in [0.3, 0.4) is 0 Å². The predicted octanol–water partition coefficient (Wildman–Crippen LogP) is 2.73. The number of nitrogens with two attached hydrogens (primary N) is 1. The summed E-state index contributed by atoms with van der Waals surface area (Å²) in [5.41, 5.74) is 6.37. The molecule has 2 heteroatoms. The number of likely N-dealkylation sites (N-methyl/N-ethyl adjacent to an activating group) is 1. The molecule has 1 saturated carbocycles. The van der Waals surface area contributed by atoms with E-state index in [1.807, 2.05) is 0 Å². The number of hydrogen-bond donors (Lipinski definition) is 1. The maximum Gasteiger partial charge on any atom is 0.0337 e. The fourth-order valence-corrected chi connectivity index (χ4v) is 3.04. The summed E-state index contributed by atoms with van der Waals surface area (Å²) >= 11 is 0. The van der Waals surface area contributed by atoms with Crippen molar-refractivity contribution < 1.29 is 0 Å². The smallest absolute Gasteiger partial charge is 0.0337 e. The zero-order valence-corrected chi connectivity index (χ0v) is 11.8. The molecule has 2 nitrogen and oxygen atoms in total. The molecule has 96 valence electrons. The third-order valence-corrected chi connectivity index (χ3v) is 4.25. The monoisotopic (exact) mass is 226 g/mol. The molecule has 1 rings (SSSR count). The van der Waals surface area contributed by atoms with Gasteiger partial charge in [-0.3, -0.25) is 4.90 Å². The summed E-state index contributed by atoms with van der Waals surface area (Å²) in [6.45, 7) is 14.7. The standard InChI is InChI=1S/C14H30N2/c1-6-16(9-11(2)3)14(10-15)7-13(8-14)12(4)5/h11-13H,6-10,15H2,1-5H3. The van der Waals surface area contributed by atoms with E-state index in [4.69, 9.17) is 5.73 Å². The van der Waals surface area contributed by atoms with Crippen molar-refractivity contribution in [1.82, 2.24) is 4.90 Å². The number of hydrogen-bond acceptors (Lipinski definition) is 2. The molecule has 2 N–H and O–H groups in total. The highest BCUT2D eigenvalue weighted by Crippen LogP contribution is 2.45. The lowest BCUT2D eigenvalue weighted by Crippen LogP contribution is -2.63. The quantitative estimate of drug-likeness (QED) is 0.754. The molecule has 0 unspecified atom stereocenters. The molecule has 16 heavy (non-hydrogen) atoms. The van der Waals surface area contributed by atoms with Gasteiger partial charge in [-0.05, 0) is 37.1 Å². The van der Waals surface area contributed by atoms with E-state index in [0.717, 1.165) is 30.8 Å². The molecule has 0 aromatic heterocycles. The summed E-state index contributed by atoms with van der Waals surface area (Å²) in [5, 5.41) is 0. The Morgan fingerprint density at radius 1 is 1.25 bits per heavy atom. The van der Waals surface area contributed by atoms with Crippen molar-refractivity contribution in [2.24, 2.45) is 23.5 Å². The van der Waals surface area contributed by atoms with Gasteiger partial charge in [-0.2, -0.15) is 0 Å². The third-order valence-electron chi connectivity index (χ3n) is 4.25. The Morgan fingerprint density at radius 3 is 2.12 bits per heavy atom. The Bertz CT molecular complexity index is 205. The van der Waals surface area contributed by atoms with Gasteiger partial charge in [-0.25, -0.2) is 0 Å². The van der Waals surface area contributed by atoms with Crippen molar-refractivity contribution in [3.8, 4) is 0 Å². The van der Waals surface area contributed by atoms with Crippen LogP contribution in [0.4, 0.5) is 0 Å². The Hall–Kier alpha value is -0.0800. The van der Waals surface area contributed by atoms with E-state index >= 15 is 0 Å². The molecular formula is C14H30N2. The Labute approximate surface area is 102 Å². The molecule has 0 aromatic carbocycles. The Balaban J connectivity index is 2.60. The van der Waals surface area contributed by atoms with Crippen molar-refractivity contribution >= 4 is 0 Å². The van der Waals surface area contributed by atoms with Crippen LogP contribution in [0, 0.1) is 17.8 Å². The average molecular weight is 226 g/mol. The first-order chi connectivity index (χ1) is 7.45. The number of rotatable bonds is 6. The molecular weight excluding hydrogens is 196 g/mol. The number of nitrogens with zero attached hydrogens (tertiary/aromatic N) is 1. The van der Waals surface area contributed by atoms with Crippen LogP contribution < -0.4 is 5.73 Å². The largest absolute Gasteiger partial charge is 0.329 e. The van der Waals surface area contributed by atoms with E-state index in [1.165, 1.54) is 19.4 Å². The van der Waals surface area contributed by atoms with Gasteiger partial charge in [0.2, 0.25) is 0 Å². The molecule has 0 bridgehead atoms. The normalized spacial score (nSPS) is 30.2. The molecule has 0 aliphatic heterocycles. The van der Waals surface area contributed by atoms with Crippen LogP contribution >= 0.6 is 0 Å². The van der Waals surface area contributed by atoms with Gasteiger partial charge in [-0.1, -0.05) is 34.6 Å². The van der Waals surface area contributed by atoms with Crippen molar-refractivity contribution in [3.63, 3.8) is 0 Å². The minimum Gasteiger partial charge on any atom is -0.329 e. The first-order valence-corrected chi connectivity index (χ1v) is 6.90. The molecule has 0 heterocycles. The SMILES string of the molecule is CCN(CC(C)C)C1(CN)CC(C(C)C)C1. The van der Waals surface area contributed by atoms with Crippen LogP contribution in [0.2, 0.25) is 0 Å². The van der Waals surface area contributed by atoms with Crippen molar-refractivity contribution in [2.45, 2.75) is 53.0 Å². The molecule has 1 aliphatic rings. The van der Waals surface area contributed by atoms with Crippen LogP contribution in [0.5, 0.6) is 0 Å². The highest BCUT2D eigenvalue weighted by atomic mass is 15.2. The van der Waals surface area contributed by atoms with E-state index in [2.05, 4.69) is 39.5 Å². The van der Waals surface area contributed by atoms with Crippen molar-refractivity contribution in [3.05, 3.63) is 0 Å². The van der Waals surface area contributed by atoms with Crippen LogP contribution in [-0.2, 0) is 0 Å². The summed E-state index contributed by atoms with van der Waals surface area (Å²) in [7, 11) is 0. The summed E-state index contributed by atoms with van der Waals surface area (Å²) in [6.07, 6.45) is 2.61. The first-order valence-electron chi connectivity index (χ1n) is 6.90. The van der Waals surface area contributed by atoms with E-state index < -0.39 is 0 Å².